The summed E-state index contributed by atoms with van der Waals surface area (Å²) >= 11 is 0. The van der Waals surface area contributed by atoms with E-state index in [4.69, 9.17) is 0 Å². The third-order valence-corrected chi connectivity index (χ3v) is 6.28. The molecule has 1 N–H and O–H groups in total. The second-order valence-corrected chi connectivity index (χ2v) is 7.73. The lowest BCUT2D eigenvalue weighted by Gasteiger charge is -2.42. The molecule has 0 amide bonds. The van der Waals surface area contributed by atoms with Gasteiger partial charge in [0.25, 0.3) is 0 Å². The Bertz CT molecular complexity index is 299. The van der Waals surface area contributed by atoms with Gasteiger partial charge < -0.3 is 5.32 Å². The summed E-state index contributed by atoms with van der Waals surface area (Å²) in [5.41, 5.74) is 1.49. The standard InChI is InChI=1S/C15H28N2/c1-13(2)12(14(13,3)4)17-10-9-16-15(11-17)7-5-6-8-15/h12,16H,5-11H2,1-4H3. The fourth-order valence-electron chi connectivity index (χ4n) is 4.67. The van der Waals surface area contributed by atoms with Gasteiger partial charge in [0.05, 0.1) is 0 Å². The fourth-order valence-corrected chi connectivity index (χ4v) is 4.67. The van der Waals surface area contributed by atoms with Crippen LogP contribution in [0, 0.1) is 10.8 Å². The molecule has 3 rings (SSSR count). The molecule has 2 aliphatic carbocycles. The van der Waals surface area contributed by atoms with Crippen molar-refractivity contribution >= 4 is 0 Å². The van der Waals surface area contributed by atoms with Crippen LogP contribution in [0.15, 0.2) is 0 Å². The van der Waals surface area contributed by atoms with Crippen LogP contribution in [0.25, 0.3) is 0 Å². The molecule has 2 saturated carbocycles. The van der Waals surface area contributed by atoms with Crippen LogP contribution in [0.5, 0.6) is 0 Å². The molecule has 1 spiro atoms. The van der Waals surface area contributed by atoms with E-state index in [2.05, 4.69) is 37.9 Å². The number of piperazine rings is 1. The Morgan fingerprint density at radius 3 is 2.12 bits per heavy atom. The Hall–Kier alpha value is -0.0800. The molecule has 1 aliphatic heterocycles. The average Bonchev–Trinajstić information content (AvgIpc) is 2.59. The minimum atomic E-state index is 0.479. The highest BCUT2D eigenvalue weighted by Crippen LogP contribution is 2.65. The lowest BCUT2D eigenvalue weighted by molar-refractivity contribution is 0.110. The van der Waals surface area contributed by atoms with E-state index >= 15 is 0 Å². The first-order valence-electron chi connectivity index (χ1n) is 7.38. The van der Waals surface area contributed by atoms with Crippen molar-refractivity contribution in [1.82, 2.24) is 10.2 Å². The van der Waals surface area contributed by atoms with Gasteiger partial charge in [-0.25, -0.2) is 0 Å². The first kappa shape index (κ1) is 12.0. The van der Waals surface area contributed by atoms with E-state index in [-0.39, 0.29) is 0 Å². The van der Waals surface area contributed by atoms with Gasteiger partial charge in [0, 0.05) is 31.2 Å². The molecule has 0 aromatic heterocycles. The maximum absolute atomic E-state index is 3.82. The Labute approximate surface area is 106 Å². The van der Waals surface area contributed by atoms with Crippen molar-refractivity contribution in [3.63, 3.8) is 0 Å². The zero-order chi connectivity index (χ0) is 12.3. The predicted octanol–water partition coefficient (Wildman–Crippen LogP) is 2.64. The fraction of sp³-hybridized carbons (Fsp3) is 1.00. The molecule has 1 saturated heterocycles. The second-order valence-electron chi connectivity index (χ2n) is 7.73. The minimum Gasteiger partial charge on any atom is -0.309 e. The molecule has 0 atom stereocenters. The van der Waals surface area contributed by atoms with Crippen molar-refractivity contribution in [1.29, 1.82) is 0 Å². The molecule has 0 radical (unpaired) electrons. The van der Waals surface area contributed by atoms with Crippen LogP contribution >= 0.6 is 0 Å². The lowest BCUT2D eigenvalue weighted by Crippen LogP contribution is -2.60. The molecule has 0 unspecified atom stereocenters. The molecule has 3 fully saturated rings. The highest BCUT2D eigenvalue weighted by molar-refractivity contribution is 5.20. The minimum absolute atomic E-state index is 0.479. The van der Waals surface area contributed by atoms with E-state index < -0.39 is 0 Å². The number of nitrogens with one attached hydrogen (secondary N) is 1. The van der Waals surface area contributed by atoms with Crippen molar-refractivity contribution < 1.29 is 0 Å². The van der Waals surface area contributed by atoms with Crippen LogP contribution in [0.2, 0.25) is 0 Å². The van der Waals surface area contributed by atoms with Crippen molar-refractivity contribution in [2.75, 3.05) is 19.6 Å². The summed E-state index contributed by atoms with van der Waals surface area (Å²) in [7, 11) is 0. The summed E-state index contributed by atoms with van der Waals surface area (Å²) in [5.74, 6) is 0. The molecule has 98 valence electrons. The zero-order valence-electron chi connectivity index (χ0n) is 12.0. The van der Waals surface area contributed by atoms with E-state index in [0.717, 1.165) is 6.04 Å². The first-order chi connectivity index (χ1) is 7.89. The summed E-state index contributed by atoms with van der Waals surface area (Å²) < 4.78 is 0. The average molecular weight is 236 g/mol. The number of hydrogen-bond donors (Lipinski definition) is 1. The van der Waals surface area contributed by atoms with E-state index in [1.165, 1.54) is 45.3 Å². The smallest absolute Gasteiger partial charge is 0.0309 e. The van der Waals surface area contributed by atoms with Crippen molar-refractivity contribution in [3.8, 4) is 0 Å². The number of nitrogens with zero attached hydrogens (tertiary/aromatic N) is 1. The van der Waals surface area contributed by atoms with Gasteiger partial charge in [0.1, 0.15) is 0 Å². The molecule has 17 heavy (non-hydrogen) atoms. The summed E-state index contributed by atoms with van der Waals surface area (Å²) in [6.45, 7) is 13.5. The van der Waals surface area contributed by atoms with E-state index in [9.17, 15) is 0 Å². The molecule has 3 aliphatic rings. The second kappa shape index (κ2) is 3.48. The molecule has 0 aromatic carbocycles. The highest BCUT2D eigenvalue weighted by Gasteiger charge is 2.67. The van der Waals surface area contributed by atoms with E-state index in [0.29, 0.717) is 16.4 Å². The number of hydrogen-bond acceptors (Lipinski definition) is 2. The maximum Gasteiger partial charge on any atom is 0.0309 e. The van der Waals surface area contributed by atoms with Gasteiger partial charge in [0.15, 0.2) is 0 Å². The largest absolute Gasteiger partial charge is 0.309 e. The molecular formula is C15H28N2. The molecule has 2 heteroatoms. The van der Waals surface area contributed by atoms with Crippen LogP contribution in [-0.2, 0) is 0 Å². The quantitative estimate of drug-likeness (QED) is 0.753. The van der Waals surface area contributed by atoms with Gasteiger partial charge >= 0.3 is 0 Å². The van der Waals surface area contributed by atoms with Crippen molar-refractivity contribution in [3.05, 3.63) is 0 Å². The highest BCUT2D eigenvalue weighted by atomic mass is 15.3. The zero-order valence-corrected chi connectivity index (χ0v) is 12.0. The van der Waals surface area contributed by atoms with E-state index in [1.807, 2.05) is 0 Å². The van der Waals surface area contributed by atoms with Crippen LogP contribution in [0.4, 0.5) is 0 Å². The Morgan fingerprint density at radius 1 is 1.00 bits per heavy atom. The third kappa shape index (κ3) is 1.60. The SMILES string of the molecule is CC1(C)C(N2CCNC3(CCCC3)C2)C1(C)C. The van der Waals surface area contributed by atoms with Gasteiger partial charge in [0.2, 0.25) is 0 Å². The van der Waals surface area contributed by atoms with Gasteiger partial charge in [-0.15, -0.1) is 0 Å². The summed E-state index contributed by atoms with van der Waals surface area (Å²) in [5, 5.41) is 3.82. The molecule has 2 nitrogen and oxygen atoms in total. The molecule has 1 heterocycles. The van der Waals surface area contributed by atoms with Gasteiger partial charge in [-0.1, -0.05) is 40.5 Å². The first-order valence-corrected chi connectivity index (χ1v) is 7.38. The summed E-state index contributed by atoms with van der Waals surface area (Å²) in [6.07, 6.45) is 5.66. The van der Waals surface area contributed by atoms with Crippen LogP contribution in [0.1, 0.15) is 53.4 Å². The van der Waals surface area contributed by atoms with Crippen molar-refractivity contribution in [2.24, 2.45) is 10.8 Å². The Balaban J connectivity index is 1.73. The van der Waals surface area contributed by atoms with Crippen LogP contribution in [0.3, 0.4) is 0 Å². The van der Waals surface area contributed by atoms with Crippen LogP contribution < -0.4 is 5.32 Å². The summed E-state index contributed by atoms with van der Waals surface area (Å²) in [4.78, 5) is 2.79. The van der Waals surface area contributed by atoms with Gasteiger partial charge in [-0.05, 0) is 23.7 Å². The third-order valence-electron chi connectivity index (χ3n) is 6.28. The summed E-state index contributed by atoms with van der Waals surface area (Å²) in [6, 6.07) is 0.801. The maximum atomic E-state index is 3.82. The van der Waals surface area contributed by atoms with Crippen LogP contribution in [-0.4, -0.2) is 36.1 Å². The molecule has 0 aromatic rings. The van der Waals surface area contributed by atoms with Gasteiger partial charge in [-0.2, -0.15) is 0 Å². The topological polar surface area (TPSA) is 15.3 Å². The van der Waals surface area contributed by atoms with E-state index in [1.54, 1.807) is 0 Å². The Morgan fingerprint density at radius 2 is 1.59 bits per heavy atom. The lowest BCUT2D eigenvalue weighted by atomic mass is 9.94. The molecule has 0 bridgehead atoms. The number of rotatable bonds is 1. The van der Waals surface area contributed by atoms with Gasteiger partial charge in [-0.3, -0.25) is 4.90 Å². The molecular weight excluding hydrogens is 208 g/mol. The normalized spacial score (nSPS) is 35.3. The van der Waals surface area contributed by atoms with Crippen molar-refractivity contribution in [2.45, 2.75) is 65.0 Å². The monoisotopic (exact) mass is 236 g/mol. The predicted molar refractivity (Wildman–Crippen MR) is 72.1 cm³/mol. The Kier molecular flexibility index (Phi) is 2.45.